The minimum Gasteiger partial charge on any atom is -0.348 e. The molecule has 0 aromatic heterocycles. The molecule has 0 saturated carbocycles. The Bertz CT molecular complexity index is 354. The summed E-state index contributed by atoms with van der Waals surface area (Å²) in [5, 5.41) is 3.01. The number of nitrogens with one attached hydrogen (secondary N) is 1. The van der Waals surface area contributed by atoms with Crippen LogP contribution in [0.4, 0.5) is 0 Å². The van der Waals surface area contributed by atoms with Crippen LogP contribution in [0.15, 0.2) is 30.3 Å². The van der Waals surface area contributed by atoms with Gasteiger partial charge in [-0.1, -0.05) is 43.7 Å². The van der Waals surface area contributed by atoms with Gasteiger partial charge in [0.1, 0.15) is 0 Å². The summed E-state index contributed by atoms with van der Waals surface area (Å²) < 4.78 is 0. The lowest BCUT2D eigenvalue weighted by Gasteiger charge is -2.24. The second kappa shape index (κ2) is 5.82. The number of benzene rings is 1. The van der Waals surface area contributed by atoms with E-state index in [9.17, 15) is 4.79 Å². The van der Waals surface area contributed by atoms with Gasteiger partial charge < -0.3 is 11.1 Å². The molecular weight excluding hydrogens is 212 g/mol. The van der Waals surface area contributed by atoms with Crippen molar-refractivity contribution in [3.05, 3.63) is 35.9 Å². The summed E-state index contributed by atoms with van der Waals surface area (Å²) in [6, 6.07) is 10.1. The number of rotatable bonds is 5. The average molecular weight is 234 g/mol. The van der Waals surface area contributed by atoms with Crippen LogP contribution in [-0.2, 0) is 4.79 Å². The molecule has 0 spiro atoms. The highest BCUT2D eigenvalue weighted by Gasteiger charge is 2.24. The standard InChI is InChI=1S/C14H22N2O/c1-4-8-12(11-9-6-5-7-10-11)16-13(17)14(2,3)15/h5-7,9-10,12H,4,8,15H2,1-3H3,(H,16,17). The first kappa shape index (κ1) is 13.7. The molecule has 3 nitrogen and oxygen atoms in total. The number of hydrogen-bond acceptors (Lipinski definition) is 2. The predicted molar refractivity (Wildman–Crippen MR) is 70.5 cm³/mol. The molecule has 3 heteroatoms. The van der Waals surface area contributed by atoms with Crippen LogP contribution in [0.2, 0.25) is 0 Å². The Balaban J connectivity index is 2.78. The van der Waals surface area contributed by atoms with E-state index in [1.165, 1.54) is 0 Å². The molecule has 0 fully saturated rings. The zero-order valence-corrected chi connectivity index (χ0v) is 10.9. The fourth-order valence-corrected chi connectivity index (χ4v) is 1.64. The number of hydrogen-bond donors (Lipinski definition) is 2. The minimum absolute atomic E-state index is 0.0523. The van der Waals surface area contributed by atoms with Crippen LogP contribution in [0, 0.1) is 0 Å². The Hall–Kier alpha value is -1.35. The lowest BCUT2D eigenvalue weighted by molar-refractivity contribution is -0.126. The molecule has 94 valence electrons. The van der Waals surface area contributed by atoms with Crippen molar-refractivity contribution in [3.63, 3.8) is 0 Å². The number of amides is 1. The molecule has 1 aromatic carbocycles. The maximum absolute atomic E-state index is 11.9. The van der Waals surface area contributed by atoms with E-state index < -0.39 is 5.54 Å². The summed E-state index contributed by atoms with van der Waals surface area (Å²) in [5.41, 5.74) is 6.09. The van der Waals surface area contributed by atoms with E-state index in [2.05, 4.69) is 12.2 Å². The Kier molecular flexibility index (Phi) is 4.70. The van der Waals surface area contributed by atoms with Gasteiger partial charge in [-0.15, -0.1) is 0 Å². The molecule has 0 bridgehead atoms. The van der Waals surface area contributed by atoms with Crippen molar-refractivity contribution in [1.29, 1.82) is 0 Å². The average Bonchev–Trinajstić information content (AvgIpc) is 2.28. The zero-order chi connectivity index (χ0) is 12.9. The van der Waals surface area contributed by atoms with Crippen molar-refractivity contribution in [2.45, 2.75) is 45.2 Å². The van der Waals surface area contributed by atoms with Gasteiger partial charge in [0.2, 0.25) is 5.91 Å². The minimum atomic E-state index is -0.833. The second-order valence-corrected chi connectivity index (χ2v) is 4.95. The first-order valence-electron chi connectivity index (χ1n) is 6.10. The van der Waals surface area contributed by atoms with Crippen LogP contribution in [-0.4, -0.2) is 11.4 Å². The molecule has 0 radical (unpaired) electrons. The molecule has 0 saturated heterocycles. The Labute approximate surface area is 103 Å². The molecule has 0 aliphatic heterocycles. The van der Waals surface area contributed by atoms with E-state index in [1.807, 2.05) is 30.3 Å². The number of carbonyl (C=O) groups is 1. The molecule has 1 aromatic rings. The third-order valence-electron chi connectivity index (χ3n) is 2.67. The van der Waals surface area contributed by atoms with Crippen molar-refractivity contribution in [3.8, 4) is 0 Å². The lowest BCUT2D eigenvalue weighted by Crippen LogP contribution is -2.50. The SMILES string of the molecule is CCCC(NC(=O)C(C)(C)N)c1ccccc1. The van der Waals surface area contributed by atoms with E-state index >= 15 is 0 Å². The molecular formula is C14H22N2O. The van der Waals surface area contributed by atoms with Gasteiger partial charge in [-0.3, -0.25) is 4.79 Å². The fraction of sp³-hybridized carbons (Fsp3) is 0.500. The van der Waals surface area contributed by atoms with Gasteiger partial charge >= 0.3 is 0 Å². The Morgan fingerprint density at radius 1 is 1.35 bits per heavy atom. The van der Waals surface area contributed by atoms with Crippen LogP contribution < -0.4 is 11.1 Å². The monoisotopic (exact) mass is 234 g/mol. The van der Waals surface area contributed by atoms with Gasteiger partial charge in [0.15, 0.2) is 0 Å². The van der Waals surface area contributed by atoms with Gasteiger partial charge in [0.25, 0.3) is 0 Å². The van der Waals surface area contributed by atoms with E-state index in [4.69, 9.17) is 5.73 Å². The van der Waals surface area contributed by atoms with E-state index in [-0.39, 0.29) is 11.9 Å². The zero-order valence-electron chi connectivity index (χ0n) is 10.9. The first-order chi connectivity index (χ1) is 7.95. The summed E-state index contributed by atoms with van der Waals surface area (Å²) in [4.78, 5) is 11.9. The third kappa shape index (κ3) is 4.19. The van der Waals surface area contributed by atoms with E-state index in [1.54, 1.807) is 13.8 Å². The topological polar surface area (TPSA) is 55.1 Å². The molecule has 1 rings (SSSR count). The smallest absolute Gasteiger partial charge is 0.239 e. The van der Waals surface area contributed by atoms with Crippen molar-refractivity contribution < 1.29 is 4.79 Å². The van der Waals surface area contributed by atoms with Crippen molar-refractivity contribution in [1.82, 2.24) is 5.32 Å². The highest BCUT2D eigenvalue weighted by atomic mass is 16.2. The van der Waals surface area contributed by atoms with Gasteiger partial charge in [-0.05, 0) is 25.8 Å². The molecule has 3 N–H and O–H groups in total. The lowest BCUT2D eigenvalue weighted by atomic mass is 10.00. The Morgan fingerprint density at radius 3 is 2.41 bits per heavy atom. The van der Waals surface area contributed by atoms with E-state index in [0.29, 0.717) is 0 Å². The molecule has 0 aliphatic rings. The first-order valence-corrected chi connectivity index (χ1v) is 6.10. The highest BCUT2D eigenvalue weighted by Crippen LogP contribution is 2.18. The van der Waals surface area contributed by atoms with Crippen LogP contribution >= 0.6 is 0 Å². The summed E-state index contributed by atoms with van der Waals surface area (Å²) in [7, 11) is 0. The summed E-state index contributed by atoms with van der Waals surface area (Å²) in [5.74, 6) is -0.111. The molecule has 0 heterocycles. The van der Waals surface area contributed by atoms with Crippen LogP contribution in [0.1, 0.15) is 45.2 Å². The maximum atomic E-state index is 11.9. The van der Waals surface area contributed by atoms with Crippen molar-refractivity contribution in [2.75, 3.05) is 0 Å². The van der Waals surface area contributed by atoms with E-state index in [0.717, 1.165) is 18.4 Å². The Morgan fingerprint density at radius 2 is 1.94 bits per heavy atom. The second-order valence-electron chi connectivity index (χ2n) is 4.95. The largest absolute Gasteiger partial charge is 0.348 e. The van der Waals surface area contributed by atoms with Gasteiger partial charge in [0.05, 0.1) is 11.6 Å². The summed E-state index contributed by atoms with van der Waals surface area (Å²) in [6.07, 6.45) is 1.94. The molecule has 1 unspecified atom stereocenters. The van der Waals surface area contributed by atoms with Gasteiger partial charge in [-0.2, -0.15) is 0 Å². The molecule has 17 heavy (non-hydrogen) atoms. The predicted octanol–water partition coefficient (Wildman–Crippen LogP) is 2.38. The van der Waals surface area contributed by atoms with Crippen molar-refractivity contribution >= 4 is 5.91 Å². The summed E-state index contributed by atoms with van der Waals surface area (Å²) >= 11 is 0. The quantitative estimate of drug-likeness (QED) is 0.822. The number of carbonyl (C=O) groups excluding carboxylic acids is 1. The van der Waals surface area contributed by atoms with Crippen LogP contribution in [0.3, 0.4) is 0 Å². The normalized spacial score (nSPS) is 13.2. The van der Waals surface area contributed by atoms with Gasteiger partial charge in [0, 0.05) is 0 Å². The molecule has 1 amide bonds. The number of nitrogens with two attached hydrogens (primary N) is 1. The summed E-state index contributed by atoms with van der Waals surface area (Å²) in [6.45, 7) is 5.54. The van der Waals surface area contributed by atoms with Gasteiger partial charge in [-0.25, -0.2) is 0 Å². The van der Waals surface area contributed by atoms with Crippen LogP contribution in [0.25, 0.3) is 0 Å². The highest BCUT2D eigenvalue weighted by molar-refractivity contribution is 5.85. The third-order valence-corrected chi connectivity index (χ3v) is 2.67. The maximum Gasteiger partial charge on any atom is 0.239 e. The molecule has 1 atom stereocenters. The van der Waals surface area contributed by atoms with Crippen molar-refractivity contribution in [2.24, 2.45) is 5.73 Å². The fourth-order valence-electron chi connectivity index (χ4n) is 1.64. The molecule has 0 aliphatic carbocycles. The van der Waals surface area contributed by atoms with Crippen LogP contribution in [0.5, 0.6) is 0 Å².